The van der Waals surface area contributed by atoms with Crippen LogP contribution in [0.1, 0.15) is 31.3 Å². The molecule has 2 aromatic rings. The molecule has 0 spiro atoms. The standard InChI is InChI=1S/C15H17F3N4O3S2/c1-14(2,3)12-21-22-13(26-12)20-11(23)8-19-27(24,25)10-6-4-5-9(7-10)15(16,17)18/h4-7,19H,8H2,1-3H3,(H,20,22,23). The second-order valence-electron chi connectivity index (χ2n) is 6.56. The average molecular weight is 422 g/mol. The van der Waals surface area contributed by atoms with Crippen molar-refractivity contribution >= 4 is 32.4 Å². The number of carbonyl (C=O) groups excluding carboxylic acids is 1. The minimum atomic E-state index is -4.68. The van der Waals surface area contributed by atoms with E-state index in [1.165, 1.54) is 0 Å². The highest BCUT2D eigenvalue weighted by Gasteiger charge is 2.31. The molecule has 0 unspecified atom stereocenters. The van der Waals surface area contributed by atoms with E-state index in [1.54, 1.807) is 0 Å². The van der Waals surface area contributed by atoms with Crippen LogP contribution in [-0.2, 0) is 26.4 Å². The van der Waals surface area contributed by atoms with E-state index in [4.69, 9.17) is 0 Å². The van der Waals surface area contributed by atoms with E-state index in [9.17, 15) is 26.4 Å². The topological polar surface area (TPSA) is 101 Å². The predicted molar refractivity (Wildman–Crippen MR) is 93.9 cm³/mol. The maximum Gasteiger partial charge on any atom is 0.416 e. The zero-order chi connectivity index (χ0) is 20.5. The summed E-state index contributed by atoms with van der Waals surface area (Å²) in [5.41, 5.74) is -1.36. The molecule has 0 radical (unpaired) electrons. The van der Waals surface area contributed by atoms with Gasteiger partial charge in [0, 0.05) is 5.41 Å². The number of carbonyl (C=O) groups is 1. The minimum absolute atomic E-state index is 0.197. The third-order valence-electron chi connectivity index (χ3n) is 3.21. The Morgan fingerprint density at radius 3 is 2.41 bits per heavy atom. The number of benzene rings is 1. The molecule has 1 amide bonds. The van der Waals surface area contributed by atoms with E-state index < -0.39 is 39.1 Å². The van der Waals surface area contributed by atoms with Crippen molar-refractivity contribution in [2.24, 2.45) is 0 Å². The van der Waals surface area contributed by atoms with Crippen LogP contribution >= 0.6 is 11.3 Å². The maximum absolute atomic E-state index is 12.7. The first-order valence-corrected chi connectivity index (χ1v) is 9.90. The SMILES string of the molecule is CC(C)(C)c1nnc(NC(=O)CNS(=O)(=O)c2cccc(C(F)(F)F)c2)s1. The van der Waals surface area contributed by atoms with Gasteiger partial charge in [0.25, 0.3) is 0 Å². The van der Waals surface area contributed by atoms with Gasteiger partial charge in [-0.15, -0.1) is 10.2 Å². The number of sulfonamides is 1. The third-order valence-corrected chi connectivity index (χ3v) is 5.87. The highest BCUT2D eigenvalue weighted by Crippen LogP contribution is 2.30. The molecule has 1 aromatic carbocycles. The Bertz CT molecular complexity index is 934. The van der Waals surface area contributed by atoms with Gasteiger partial charge in [0.15, 0.2) is 0 Å². The van der Waals surface area contributed by atoms with Crippen LogP contribution in [0.3, 0.4) is 0 Å². The minimum Gasteiger partial charge on any atom is -0.299 e. The molecule has 0 saturated heterocycles. The van der Waals surface area contributed by atoms with E-state index in [0.717, 1.165) is 29.5 Å². The molecule has 27 heavy (non-hydrogen) atoms. The quantitative estimate of drug-likeness (QED) is 0.772. The number of hydrogen-bond donors (Lipinski definition) is 2. The first kappa shape index (κ1) is 21.3. The molecule has 0 aliphatic heterocycles. The van der Waals surface area contributed by atoms with E-state index in [2.05, 4.69) is 15.5 Å². The second kappa shape index (κ2) is 7.52. The summed E-state index contributed by atoms with van der Waals surface area (Å²) < 4.78 is 64.3. The van der Waals surface area contributed by atoms with Gasteiger partial charge >= 0.3 is 6.18 Å². The first-order valence-electron chi connectivity index (χ1n) is 7.60. The van der Waals surface area contributed by atoms with Gasteiger partial charge in [0.2, 0.25) is 21.1 Å². The summed E-state index contributed by atoms with van der Waals surface area (Å²) in [4.78, 5) is 11.3. The fourth-order valence-electron chi connectivity index (χ4n) is 1.82. The average Bonchev–Trinajstić information content (AvgIpc) is 3.01. The Labute approximate surface area is 158 Å². The summed E-state index contributed by atoms with van der Waals surface area (Å²) in [5.74, 6) is -0.720. The van der Waals surface area contributed by atoms with E-state index in [0.29, 0.717) is 11.1 Å². The van der Waals surface area contributed by atoms with Crippen LogP contribution in [0.2, 0.25) is 0 Å². The van der Waals surface area contributed by atoms with Gasteiger partial charge in [0.1, 0.15) is 5.01 Å². The van der Waals surface area contributed by atoms with Crippen LogP contribution < -0.4 is 10.0 Å². The predicted octanol–water partition coefficient (Wildman–Crippen LogP) is 2.77. The summed E-state index contributed by atoms with van der Waals surface area (Å²) in [6, 6.07) is 3.25. The van der Waals surface area contributed by atoms with Crippen LogP contribution in [0.15, 0.2) is 29.2 Å². The van der Waals surface area contributed by atoms with Crippen LogP contribution in [0.5, 0.6) is 0 Å². The number of nitrogens with zero attached hydrogens (tertiary/aromatic N) is 2. The number of halogens is 3. The largest absolute Gasteiger partial charge is 0.416 e. The van der Waals surface area contributed by atoms with Crippen molar-refractivity contribution in [2.75, 3.05) is 11.9 Å². The fourth-order valence-corrected chi connectivity index (χ4v) is 3.67. The van der Waals surface area contributed by atoms with Crippen LogP contribution in [0.25, 0.3) is 0 Å². The molecule has 1 aromatic heterocycles. The molecule has 0 bridgehead atoms. The zero-order valence-corrected chi connectivity index (χ0v) is 16.2. The van der Waals surface area contributed by atoms with Crippen LogP contribution in [-0.4, -0.2) is 31.1 Å². The van der Waals surface area contributed by atoms with Crippen molar-refractivity contribution < 1.29 is 26.4 Å². The number of nitrogens with one attached hydrogen (secondary N) is 2. The second-order valence-corrected chi connectivity index (χ2v) is 9.31. The molecule has 1 heterocycles. The van der Waals surface area contributed by atoms with E-state index >= 15 is 0 Å². The summed E-state index contributed by atoms with van der Waals surface area (Å²) in [5, 5.41) is 11.0. The number of anilines is 1. The molecule has 7 nitrogen and oxygen atoms in total. The number of rotatable bonds is 5. The van der Waals surface area contributed by atoms with Crippen molar-refractivity contribution in [3.63, 3.8) is 0 Å². The summed E-state index contributed by atoms with van der Waals surface area (Å²) >= 11 is 1.15. The lowest BCUT2D eigenvalue weighted by Crippen LogP contribution is -2.33. The number of hydrogen-bond acceptors (Lipinski definition) is 6. The van der Waals surface area contributed by atoms with E-state index in [1.807, 2.05) is 25.5 Å². The fraction of sp³-hybridized carbons (Fsp3) is 0.400. The summed E-state index contributed by atoms with van der Waals surface area (Å²) in [6.07, 6.45) is -4.68. The first-order chi connectivity index (χ1) is 12.3. The van der Waals surface area contributed by atoms with Gasteiger partial charge in [-0.25, -0.2) is 13.1 Å². The maximum atomic E-state index is 12.7. The normalized spacial score (nSPS) is 12.8. The van der Waals surface area contributed by atoms with Crippen molar-refractivity contribution in [2.45, 2.75) is 37.3 Å². The molecule has 2 rings (SSSR count). The van der Waals surface area contributed by atoms with E-state index in [-0.39, 0.29) is 10.5 Å². The molecule has 0 aliphatic carbocycles. The Balaban J connectivity index is 2.03. The highest BCUT2D eigenvalue weighted by atomic mass is 32.2. The lowest BCUT2D eigenvalue weighted by molar-refractivity contribution is -0.137. The molecule has 2 N–H and O–H groups in total. The smallest absolute Gasteiger partial charge is 0.299 e. The van der Waals surface area contributed by atoms with Crippen molar-refractivity contribution in [1.29, 1.82) is 0 Å². The molecular weight excluding hydrogens is 405 g/mol. The molecule has 0 atom stereocenters. The lowest BCUT2D eigenvalue weighted by atomic mass is 9.98. The number of alkyl halides is 3. The number of aromatic nitrogens is 2. The van der Waals surface area contributed by atoms with Crippen molar-refractivity contribution in [3.8, 4) is 0 Å². The Morgan fingerprint density at radius 2 is 1.85 bits per heavy atom. The molecule has 148 valence electrons. The molecule has 0 saturated carbocycles. The molecule has 0 fully saturated rings. The summed E-state index contributed by atoms with van der Waals surface area (Å²) in [6.45, 7) is 5.09. The molecule has 0 aliphatic rings. The van der Waals surface area contributed by atoms with Gasteiger partial charge in [-0.1, -0.05) is 38.2 Å². The Kier molecular flexibility index (Phi) is 5.92. The monoisotopic (exact) mass is 422 g/mol. The van der Waals surface area contributed by atoms with Gasteiger partial charge in [-0.3, -0.25) is 10.1 Å². The lowest BCUT2D eigenvalue weighted by Gasteiger charge is -2.12. The van der Waals surface area contributed by atoms with Gasteiger partial charge < -0.3 is 0 Å². The van der Waals surface area contributed by atoms with Crippen LogP contribution in [0, 0.1) is 0 Å². The highest BCUT2D eigenvalue weighted by molar-refractivity contribution is 7.89. The molecular formula is C15H17F3N4O3S2. The summed E-state index contributed by atoms with van der Waals surface area (Å²) in [7, 11) is -4.29. The Morgan fingerprint density at radius 1 is 1.19 bits per heavy atom. The Hall–Kier alpha value is -2.05. The van der Waals surface area contributed by atoms with Gasteiger partial charge in [0.05, 0.1) is 17.0 Å². The van der Waals surface area contributed by atoms with Crippen molar-refractivity contribution in [3.05, 3.63) is 34.8 Å². The number of amides is 1. The third kappa shape index (κ3) is 5.71. The van der Waals surface area contributed by atoms with Crippen LogP contribution in [0.4, 0.5) is 18.3 Å². The zero-order valence-electron chi connectivity index (χ0n) is 14.6. The van der Waals surface area contributed by atoms with Gasteiger partial charge in [-0.2, -0.15) is 13.2 Å². The van der Waals surface area contributed by atoms with Gasteiger partial charge in [-0.05, 0) is 18.2 Å². The van der Waals surface area contributed by atoms with Crippen molar-refractivity contribution in [1.82, 2.24) is 14.9 Å². The molecule has 12 heteroatoms.